The molecule has 1 radical (unpaired) electrons. The van der Waals surface area contributed by atoms with Crippen LogP contribution in [0.25, 0.3) is 0 Å². The van der Waals surface area contributed by atoms with Gasteiger partial charge in [0.1, 0.15) is 0 Å². The van der Waals surface area contributed by atoms with Gasteiger partial charge in [-0.15, -0.1) is 0 Å². The summed E-state index contributed by atoms with van der Waals surface area (Å²) in [7, 11) is -3.27. The van der Waals surface area contributed by atoms with Gasteiger partial charge in [0, 0.05) is 0 Å². The Bertz CT molecular complexity index is 184. The first-order valence-corrected chi connectivity index (χ1v) is 5.89. The van der Waals surface area contributed by atoms with Crippen molar-refractivity contribution in [1.82, 2.24) is 0 Å². The van der Waals surface area contributed by atoms with E-state index in [2.05, 4.69) is 11.1 Å². The maximum Gasteiger partial charge on any atom is 0.267 e. The van der Waals surface area contributed by atoms with Gasteiger partial charge in [-0.25, -0.2) is 0 Å². The molecule has 0 aromatic rings. The smallest absolute Gasteiger partial charge is 0.267 e. The second-order valence-electron chi connectivity index (χ2n) is 2.56. The molecule has 73 valence electrons. The number of hydrogen-bond donors (Lipinski definition) is 0. The highest BCUT2D eigenvalue weighted by molar-refractivity contribution is 7.86. The summed E-state index contributed by atoms with van der Waals surface area (Å²) in [6.45, 7) is 3.97. The van der Waals surface area contributed by atoms with Crippen molar-refractivity contribution in [3.63, 3.8) is 0 Å². The SMILES string of the molecule is CCCC[CH]CS(=O)(=O)OCC. The van der Waals surface area contributed by atoms with E-state index in [4.69, 9.17) is 0 Å². The average molecular weight is 193 g/mol. The lowest BCUT2D eigenvalue weighted by Gasteiger charge is -2.01. The molecule has 0 saturated carbocycles. The van der Waals surface area contributed by atoms with Crippen LogP contribution in [0.15, 0.2) is 0 Å². The van der Waals surface area contributed by atoms with Crippen molar-refractivity contribution in [1.29, 1.82) is 0 Å². The summed E-state index contributed by atoms with van der Waals surface area (Å²) < 4.78 is 26.4. The van der Waals surface area contributed by atoms with Crippen LogP contribution >= 0.6 is 0 Å². The van der Waals surface area contributed by atoms with Crippen molar-refractivity contribution < 1.29 is 12.6 Å². The van der Waals surface area contributed by atoms with Crippen molar-refractivity contribution in [3.8, 4) is 0 Å². The molecular formula is C8H17O3S. The molecule has 4 heteroatoms. The summed E-state index contributed by atoms with van der Waals surface area (Å²) in [4.78, 5) is 0. The number of hydrogen-bond acceptors (Lipinski definition) is 3. The van der Waals surface area contributed by atoms with E-state index < -0.39 is 10.1 Å². The molecule has 0 saturated heterocycles. The Labute approximate surface area is 75.2 Å². The zero-order valence-electron chi connectivity index (χ0n) is 7.75. The van der Waals surface area contributed by atoms with Crippen molar-refractivity contribution >= 4 is 10.1 Å². The Hall–Kier alpha value is -0.0900. The first-order valence-electron chi connectivity index (χ1n) is 4.31. The van der Waals surface area contributed by atoms with E-state index in [0.29, 0.717) is 0 Å². The Morgan fingerprint density at radius 3 is 2.50 bits per heavy atom. The van der Waals surface area contributed by atoms with Crippen LogP contribution in [0.3, 0.4) is 0 Å². The van der Waals surface area contributed by atoms with Crippen molar-refractivity contribution in [2.75, 3.05) is 12.4 Å². The maximum absolute atomic E-state index is 10.9. The summed E-state index contributed by atoms with van der Waals surface area (Å²) in [5, 5.41) is 0. The zero-order valence-corrected chi connectivity index (χ0v) is 8.56. The molecule has 0 spiro atoms. The first kappa shape index (κ1) is 11.9. The Kier molecular flexibility index (Phi) is 6.38. The lowest BCUT2D eigenvalue weighted by Crippen LogP contribution is -2.10. The molecule has 0 aromatic heterocycles. The van der Waals surface area contributed by atoms with Crippen LogP contribution in [-0.4, -0.2) is 20.8 Å². The molecule has 0 heterocycles. The molecular weight excluding hydrogens is 176 g/mol. The lowest BCUT2D eigenvalue weighted by atomic mass is 10.2. The molecule has 0 aliphatic heterocycles. The van der Waals surface area contributed by atoms with Gasteiger partial charge in [0.15, 0.2) is 0 Å². The summed E-state index contributed by atoms with van der Waals surface area (Å²) >= 11 is 0. The second kappa shape index (κ2) is 6.43. The summed E-state index contributed by atoms with van der Waals surface area (Å²) in [5.74, 6) is 0.0425. The highest BCUT2D eigenvalue weighted by atomic mass is 32.2. The third-order valence-corrected chi connectivity index (χ3v) is 2.62. The van der Waals surface area contributed by atoms with Crippen LogP contribution in [0.2, 0.25) is 0 Å². The van der Waals surface area contributed by atoms with E-state index in [1.54, 1.807) is 13.3 Å². The molecule has 0 fully saturated rings. The third kappa shape index (κ3) is 6.61. The minimum atomic E-state index is -3.27. The molecule has 0 N–H and O–H groups in total. The Morgan fingerprint density at radius 1 is 1.33 bits per heavy atom. The normalized spacial score (nSPS) is 11.8. The fraction of sp³-hybridized carbons (Fsp3) is 0.875. The Balaban J connectivity index is 3.48. The van der Waals surface area contributed by atoms with Gasteiger partial charge >= 0.3 is 0 Å². The second-order valence-corrected chi connectivity index (χ2v) is 4.25. The predicted molar refractivity (Wildman–Crippen MR) is 49.2 cm³/mol. The lowest BCUT2D eigenvalue weighted by molar-refractivity contribution is 0.339. The summed E-state index contributed by atoms with van der Waals surface area (Å²) in [6.07, 6.45) is 4.74. The molecule has 0 aromatic carbocycles. The fourth-order valence-corrected chi connectivity index (χ4v) is 1.71. The van der Waals surface area contributed by atoms with Gasteiger partial charge in [0.2, 0.25) is 0 Å². The van der Waals surface area contributed by atoms with Crippen LogP contribution < -0.4 is 0 Å². The van der Waals surface area contributed by atoms with Gasteiger partial charge in [-0.2, -0.15) is 8.42 Å². The van der Waals surface area contributed by atoms with Crippen molar-refractivity contribution in [2.24, 2.45) is 0 Å². The van der Waals surface area contributed by atoms with Gasteiger partial charge in [0.25, 0.3) is 10.1 Å². The maximum atomic E-state index is 10.9. The topological polar surface area (TPSA) is 43.4 Å². The van der Waals surface area contributed by atoms with Crippen LogP contribution in [0, 0.1) is 6.42 Å². The zero-order chi connectivity index (χ0) is 9.45. The van der Waals surface area contributed by atoms with E-state index in [-0.39, 0.29) is 12.4 Å². The quantitative estimate of drug-likeness (QED) is 0.457. The third-order valence-electron chi connectivity index (χ3n) is 1.38. The number of unbranched alkanes of at least 4 members (excludes halogenated alkanes) is 3. The molecule has 0 unspecified atom stereocenters. The monoisotopic (exact) mass is 193 g/mol. The van der Waals surface area contributed by atoms with E-state index in [1.807, 2.05) is 0 Å². The molecule has 0 aliphatic carbocycles. The molecule has 0 rings (SSSR count). The number of rotatable bonds is 7. The minimum Gasteiger partial charge on any atom is -0.270 e. The van der Waals surface area contributed by atoms with E-state index >= 15 is 0 Å². The van der Waals surface area contributed by atoms with Gasteiger partial charge < -0.3 is 0 Å². The standard InChI is InChI=1S/C8H17O3S/c1-3-5-6-7-8-12(9,10)11-4-2/h7H,3-6,8H2,1-2H3. The van der Waals surface area contributed by atoms with Crippen LogP contribution in [-0.2, 0) is 14.3 Å². The van der Waals surface area contributed by atoms with E-state index in [1.165, 1.54) is 0 Å². The van der Waals surface area contributed by atoms with Crippen LogP contribution in [0.1, 0.15) is 33.1 Å². The molecule has 0 amide bonds. The predicted octanol–water partition coefficient (Wildman–Crippen LogP) is 1.75. The highest BCUT2D eigenvalue weighted by Gasteiger charge is 2.08. The van der Waals surface area contributed by atoms with Crippen LogP contribution in [0.4, 0.5) is 0 Å². The van der Waals surface area contributed by atoms with Crippen molar-refractivity contribution in [3.05, 3.63) is 6.42 Å². The summed E-state index contributed by atoms with van der Waals surface area (Å²) in [5.41, 5.74) is 0. The first-order chi connectivity index (χ1) is 5.62. The molecule has 12 heavy (non-hydrogen) atoms. The largest absolute Gasteiger partial charge is 0.270 e. The van der Waals surface area contributed by atoms with Crippen LogP contribution in [0.5, 0.6) is 0 Å². The van der Waals surface area contributed by atoms with E-state index in [9.17, 15) is 8.42 Å². The van der Waals surface area contributed by atoms with E-state index in [0.717, 1.165) is 19.3 Å². The average Bonchev–Trinajstić information content (AvgIpc) is 1.98. The molecule has 0 bridgehead atoms. The Morgan fingerprint density at radius 2 is 2.00 bits per heavy atom. The van der Waals surface area contributed by atoms with Gasteiger partial charge in [-0.3, -0.25) is 4.18 Å². The molecule has 3 nitrogen and oxygen atoms in total. The molecule has 0 aliphatic rings. The van der Waals surface area contributed by atoms with Gasteiger partial charge in [-0.1, -0.05) is 19.8 Å². The van der Waals surface area contributed by atoms with Gasteiger partial charge in [0.05, 0.1) is 12.4 Å². The van der Waals surface area contributed by atoms with Gasteiger partial charge in [-0.05, 0) is 19.8 Å². The van der Waals surface area contributed by atoms with Crippen molar-refractivity contribution in [2.45, 2.75) is 33.1 Å². The fourth-order valence-electron chi connectivity index (χ4n) is 0.804. The highest BCUT2D eigenvalue weighted by Crippen LogP contribution is 2.02. The summed E-state index contributed by atoms with van der Waals surface area (Å²) in [6, 6.07) is 0. The minimum absolute atomic E-state index is 0.0425. The molecule has 0 atom stereocenters.